The molecule has 3 atom stereocenters. The van der Waals surface area contributed by atoms with E-state index in [2.05, 4.69) is 5.32 Å². The maximum atomic E-state index is 12.0. The summed E-state index contributed by atoms with van der Waals surface area (Å²) >= 11 is 0. The molecule has 0 bridgehead atoms. The number of rotatable bonds is 9. The summed E-state index contributed by atoms with van der Waals surface area (Å²) in [6.07, 6.45) is 2.78. The van der Waals surface area contributed by atoms with Gasteiger partial charge in [0.15, 0.2) is 0 Å². The van der Waals surface area contributed by atoms with Gasteiger partial charge in [-0.1, -0.05) is 13.3 Å². The molecule has 7 heteroatoms. The Bertz CT molecular complexity index is 390. The normalized spacial score (nSPS) is 25.2. The monoisotopic (exact) mass is 327 g/mol. The van der Waals surface area contributed by atoms with Crippen molar-refractivity contribution in [3.05, 3.63) is 0 Å². The van der Waals surface area contributed by atoms with E-state index in [1.165, 1.54) is 6.26 Å². The van der Waals surface area contributed by atoms with Gasteiger partial charge >= 0.3 is 0 Å². The molecule has 1 aliphatic rings. The van der Waals surface area contributed by atoms with Gasteiger partial charge < -0.3 is 10.1 Å². The third-order valence-electron chi connectivity index (χ3n) is 4.12. The summed E-state index contributed by atoms with van der Waals surface area (Å²) in [7, 11) is -3.00. The molecule has 1 saturated carbocycles. The third-order valence-corrected chi connectivity index (χ3v) is 5.76. The molecule has 1 fully saturated rings. The van der Waals surface area contributed by atoms with Crippen molar-refractivity contribution in [2.24, 2.45) is 5.92 Å². The second-order valence-electron chi connectivity index (χ2n) is 5.80. The molecule has 126 valence electrons. The summed E-state index contributed by atoms with van der Waals surface area (Å²) in [4.78, 5) is 0. The highest BCUT2D eigenvalue weighted by atomic mass is 32.2. The Morgan fingerprint density at radius 3 is 2.62 bits per heavy atom. The average molecular weight is 327 g/mol. The molecule has 1 rings (SSSR count). The van der Waals surface area contributed by atoms with Crippen LogP contribution in [0.5, 0.6) is 0 Å². The molecule has 0 aliphatic heterocycles. The number of ether oxygens (including phenoxy) is 1. The lowest BCUT2D eigenvalue weighted by atomic mass is 9.82. The van der Waals surface area contributed by atoms with Crippen molar-refractivity contribution in [2.75, 3.05) is 26.0 Å². The topological polar surface area (TPSA) is 55.4 Å². The molecule has 0 amide bonds. The summed E-state index contributed by atoms with van der Waals surface area (Å²) in [5, 5.41) is 3.09. The Kier molecular flexibility index (Phi) is 8.05. The second kappa shape index (κ2) is 9.00. The quantitative estimate of drug-likeness (QED) is 0.660. The molecule has 21 heavy (non-hydrogen) atoms. The minimum atomic E-state index is -3.00. The Morgan fingerprint density at radius 2 is 2.05 bits per heavy atom. The summed E-state index contributed by atoms with van der Waals surface area (Å²) in [5.41, 5.74) is 0. The molecule has 0 spiro atoms. The van der Waals surface area contributed by atoms with E-state index in [0.717, 1.165) is 25.8 Å². The number of alkyl halides is 2. The smallest absolute Gasteiger partial charge is 0.261 e. The van der Waals surface area contributed by atoms with Gasteiger partial charge in [-0.05, 0) is 38.1 Å². The number of halogens is 2. The predicted molar refractivity (Wildman–Crippen MR) is 79.5 cm³/mol. The van der Waals surface area contributed by atoms with Crippen LogP contribution in [0.4, 0.5) is 8.78 Å². The number of nitrogens with one attached hydrogen (secondary N) is 1. The zero-order valence-electron chi connectivity index (χ0n) is 12.9. The SMILES string of the molecule is CCNC(CCOCC(F)F)C1CCCC(S(C)(=O)=O)C1. The Labute approximate surface area is 126 Å². The van der Waals surface area contributed by atoms with Crippen molar-refractivity contribution in [1.82, 2.24) is 5.32 Å². The zero-order chi connectivity index (χ0) is 15.9. The average Bonchev–Trinajstić information content (AvgIpc) is 2.41. The standard InChI is InChI=1S/C14H27F2NO3S/c1-3-17-13(7-8-20-10-14(15)16)11-5-4-6-12(9-11)21(2,18)19/h11-14,17H,3-10H2,1-2H3. The lowest BCUT2D eigenvalue weighted by Crippen LogP contribution is -2.41. The van der Waals surface area contributed by atoms with Gasteiger partial charge in [0.2, 0.25) is 0 Å². The molecule has 0 aromatic carbocycles. The molecule has 1 aliphatic carbocycles. The van der Waals surface area contributed by atoms with Crippen molar-refractivity contribution in [3.8, 4) is 0 Å². The molecular formula is C14H27F2NO3S. The van der Waals surface area contributed by atoms with Gasteiger partial charge in [-0.3, -0.25) is 0 Å². The zero-order valence-corrected chi connectivity index (χ0v) is 13.7. The van der Waals surface area contributed by atoms with Gasteiger partial charge in [-0.2, -0.15) is 0 Å². The first kappa shape index (κ1) is 18.8. The van der Waals surface area contributed by atoms with E-state index < -0.39 is 22.9 Å². The molecule has 1 N–H and O–H groups in total. The first-order valence-electron chi connectivity index (χ1n) is 7.62. The molecule has 3 unspecified atom stereocenters. The van der Waals surface area contributed by atoms with Crippen LogP contribution in [0.15, 0.2) is 0 Å². The molecule has 0 aromatic heterocycles. The van der Waals surface area contributed by atoms with Crippen LogP contribution in [0.25, 0.3) is 0 Å². The van der Waals surface area contributed by atoms with Gasteiger partial charge in [-0.25, -0.2) is 17.2 Å². The van der Waals surface area contributed by atoms with E-state index in [1.807, 2.05) is 6.92 Å². The van der Waals surface area contributed by atoms with Crippen LogP contribution < -0.4 is 5.32 Å². The fraction of sp³-hybridized carbons (Fsp3) is 1.00. The number of sulfone groups is 1. The van der Waals surface area contributed by atoms with Crippen LogP contribution in [0.1, 0.15) is 39.0 Å². The summed E-state index contributed by atoms with van der Waals surface area (Å²) < 4.78 is 52.5. The molecule has 0 heterocycles. The molecule has 0 saturated heterocycles. The highest BCUT2D eigenvalue weighted by molar-refractivity contribution is 7.91. The Hall–Kier alpha value is -0.270. The van der Waals surface area contributed by atoms with Gasteiger partial charge in [0.05, 0.1) is 5.25 Å². The van der Waals surface area contributed by atoms with Crippen molar-refractivity contribution in [3.63, 3.8) is 0 Å². The lowest BCUT2D eigenvalue weighted by molar-refractivity contribution is 0.0122. The largest absolute Gasteiger partial charge is 0.375 e. The summed E-state index contributed by atoms with van der Waals surface area (Å²) in [6, 6.07) is 0.136. The Balaban J connectivity index is 2.50. The van der Waals surface area contributed by atoms with E-state index in [0.29, 0.717) is 12.8 Å². The summed E-state index contributed by atoms with van der Waals surface area (Å²) in [6.45, 7) is 2.51. The van der Waals surface area contributed by atoms with Crippen LogP contribution >= 0.6 is 0 Å². The lowest BCUT2D eigenvalue weighted by Gasteiger charge is -2.34. The molecule has 0 aromatic rings. The van der Waals surface area contributed by atoms with Gasteiger partial charge in [0.1, 0.15) is 16.4 Å². The van der Waals surface area contributed by atoms with E-state index in [9.17, 15) is 17.2 Å². The first-order chi connectivity index (χ1) is 9.84. The molecule has 0 radical (unpaired) electrons. The number of hydrogen-bond donors (Lipinski definition) is 1. The van der Waals surface area contributed by atoms with E-state index >= 15 is 0 Å². The molecule has 4 nitrogen and oxygen atoms in total. The van der Waals surface area contributed by atoms with Crippen molar-refractivity contribution >= 4 is 9.84 Å². The fourth-order valence-corrected chi connectivity index (χ4v) is 4.28. The van der Waals surface area contributed by atoms with Crippen LogP contribution in [-0.2, 0) is 14.6 Å². The molecular weight excluding hydrogens is 300 g/mol. The minimum Gasteiger partial charge on any atom is -0.375 e. The van der Waals surface area contributed by atoms with Gasteiger partial charge in [0, 0.05) is 18.9 Å². The van der Waals surface area contributed by atoms with E-state index in [-0.39, 0.29) is 23.8 Å². The Morgan fingerprint density at radius 1 is 1.33 bits per heavy atom. The van der Waals surface area contributed by atoms with Crippen molar-refractivity contribution in [2.45, 2.75) is 56.7 Å². The van der Waals surface area contributed by atoms with Gasteiger partial charge in [-0.15, -0.1) is 0 Å². The van der Waals surface area contributed by atoms with Gasteiger partial charge in [0.25, 0.3) is 6.43 Å². The number of hydrogen-bond acceptors (Lipinski definition) is 4. The maximum absolute atomic E-state index is 12.0. The summed E-state index contributed by atoms with van der Waals surface area (Å²) in [5.74, 6) is 0.272. The minimum absolute atomic E-state index is 0.136. The highest BCUT2D eigenvalue weighted by Gasteiger charge is 2.32. The van der Waals surface area contributed by atoms with Crippen molar-refractivity contribution < 1.29 is 21.9 Å². The first-order valence-corrected chi connectivity index (χ1v) is 9.58. The predicted octanol–water partition coefficient (Wildman–Crippen LogP) is 2.24. The van der Waals surface area contributed by atoms with Crippen LogP contribution in [0, 0.1) is 5.92 Å². The second-order valence-corrected chi connectivity index (χ2v) is 8.12. The highest BCUT2D eigenvalue weighted by Crippen LogP contribution is 2.31. The van der Waals surface area contributed by atoms with Crippen LogP contribution in [0.3, 0.4) is 0 Å². The third kappa shape index (κ3) is 7.02. The van der Waals surface area contributed by atoms with Crippen LogP contribution in [0.2, 0.25) is 0 Å². The van der Waals surface area contributed by atoms with E-state index in [1.54, 1.807) is 0 Å². The van der Waals surface area contributed by atoms with Crippen LogP contribution in [-0.4, -0.2) is 52.1 Å². The maximum Gasteiger partial charge on any atom is 0.261 e. The fourth-order valence-electron chi connectivity index (χ4n) is 3.08. The van der Waals surface area contributed by atoms with Crippen molar-refractivity contribution in [1.29, 1.82) is 0 Å². The van der Waals surface area contributed by atoms with E-state index in [4.69, 9.17) is 4.74 Å².